The van der Waals surface area contributed by atoms with Crippen LogP contribution in [0.5, 0.6) is 0 Å². The lowest BCUT2D eigenvalue weighted by Gasteiger charge is -2.57. The second-order valence-electron chi connectivity index (χ2n) is 11.7. The fourth-order valence-corrected chi connectivity index (χ4v) is 8.61. The van der Waals surface area contributed by atoms with Gasteiger partial charge < -0.3 is 10.2 Å². The van der Waals surface area contributed by atoms with Crippen molar-refractivity contribution in [1.82, 2.24) is 4.90 Å². The minimum Gasteiger partial charge on any atom is -0.390 e. The van der Waals surface area contributed by atoms with Crippen molar-refractivity contribution in [2.75, 3.05) is 19.6 Å². The molecule has 5 fully saturated rings. The molecule has 0 aromatic carbocycles. The van der Waals surface area contributed by atoms with E-state index < -0.39 is 5.60 Å². The Morgan fingerprint density at radius 2 is 1.71 bits per heavy atom. The van der Waals surface area contributed by atoms with Crippen LogP contribution in [0.2, 0.25) is 0 Å². The average Bonchev–Trinajstić information content (AvgIpc) is 2.96. The smallest absolute Gasteiger partial charge is 0.150 e. The topological polar surface area (TPSA) is 60.8 Å². The molecule has 1 aliphatic heterocycles. The maximum absolute atomic E-state index is 13.1. The molecule has 0 aromatic rings. The van der Waals surface area contributed by atoms with Gasteiger partial charge in [0.25, 0.3) is 0 Å². The van der Waals surface area contributed by atoms with Crippen molar-refractivity contribution in [3.05, 3.63) is 0 Å². The van der Waals surface area contributed by atoms with Crippen molar-refractivity contribution in [2.45, 2.75) is 83.3 Å². The lowest BCUT2D eigenvalue weighted by Crippen LogP contribution is -2.54. The molecule has 4 nitrogen and oxygen atoms in total. The molecule has 8 atom stereocenters. The largest absolute Gasteiger partial charge is 0.390 e. The molecule has 0 unspecified atom stereocenters. The van der Waals surface area contributed by atoms with E-state index in [1.165, 1.54) is 38.5 Å². The van der Waals surface area contributed by atoms with Gasteiger partial charge in [0, 0.05) is 19.0 Å². The van der Waals surface area contributed by atoms with Crippen LogP contribution in [-0.4, -0.2) is 52.2 Å². The Morgan fingerprint density at radius 3 is 2.46 bits per heavy atom. The highest BCUT2D eigenvalue weighted by molar-refractivity contribution is 5.84. The van der Waals surface area contributed by atoms with Gasteiger partial charge in [-0.05, 0) is 99.7 Å². The van der Waals surface area contributed by atoms with Crippen LogP contribution >= 0.6 is 0 Å². The van der Waals surface area contributed by atoms with Gasteiger partial charge in [0.1, 0.15) is 5.78 Å². The number of carbonyl (C=O) groups excluding carboxylic acids is 1. The van der Waals surface area contributed by atoms with Crippen LogP contribution in [0.15, 0.2) is 0 Å². The van der Waals surface area contributed by atoms with Crippen molar-refractivity contribution in [3.63, 3.8) is 0 Å². The van der Waals surface area contributed by atoms with Gasteiger partial charge in [0.2, 0.25) is 0 Å². The first-order chi connectivity index (χ1) is 13.3. The third kappa shape index (κ3) is 3.09. The normalized spacial score (nSPS) is 51.7. The number of aliphatic hydroxyl groups excluding tert-OH is 1. The minimum absolute atomic E-state index is 0.203. The van der Waals surface area contributed by atoms with Crippen molar-refractivity contribution in [1.29, 1.82) is 0 Å². The van der Waals surface area contributed by atoms with Crippen molar-refractivity contribution >= 4 is 5.78 Å². The third-order valence-corrected chi connectivity index (χ3v) is 9.94. The van der Waals surface area contributed by atoms with Crippen LogP contribution in [0.1, 0.15) is 71.6 Å². The molecule has 4 saturated carbocycles. The van der Waals surface area contributed by atoms with E-state index in [9.17, 15) is 15.0 Å². The molecule has 1 heterocycles. The maximum Gasteiger partial charge on any atom is 0.150 e. The predicted octanol–water partition coefficient (Wildman–Crippen LogP) is 3.25. The van der Waals surface area contributed by atoms with Crippen molar-refractivity contribution < 1.29 is 15.0 Å². The summed E-state index contributed by atoms with van der Waals surface area (Å²) in [4.78, 5) is 15.2. The molecule has 5 rings (SSSR count). The summed E-state index contributed by atoms with van der Waals surface area (Å²) in [6, 6.07) is 0. The quantitative estimate of drug-likeness (QED) is 0.778. The van der Waals surface area contributed by atoms with Gasteiger partial charge in [-0.2, -0.15) is 0 Å². The molecule has 4 heteroatoms. The molecule has 1 saturated heterocycles. The van der Waals surface area contributed by atoms with Crippen LogP contribution < -0.4 is 0 Å². The average molecular weight is 390 g/mol. The van der Waals surface area contributed by atoms with E-state index in [0.717, 1.165) is 48.9 Å². The van der Waals surface area contributed by atoms with Gasteiger partial charge in [-0.1, -0.05) is 6.92 Å². The zero-order valence-electron chi connectivity index (χ0n) is 17.8. The van der Waals surface area contributed by atoms with Crippen LogP contribution in [0.25, 0.3) is 0 Å². The molecule has 0 bridgehead atoms. The van der Waals surface area contributed by atoms with Crippen LogP contribution in [-0.2, 0) is 4.79 Å². The van der Waals surface area contributed by atoms with E-state index in [1.807, 2.05) is 6.92 Å². The minimum atomic E-state index is -0.438. The molecule has 158 valence electrons. The summed E-state index contributed by atoms with van der Waals surface area (Å²) < 4.78 is 0. The predicted molar refractivity (Wildman–Crippen MR) is 109 cm³/mol. The number of ketones is 1. The van der Waals surface area contributed by atoms with Crippen molar-refractivity contribution in [2.24, 2.45) is 40.9 Å². The number of hydrogen-bond acceptors (Lipinski definition) is 4. The Kier molecular flexibility index (Phi) is 4.73. The molecule has 0 spiro atoms. The highest BCUT2D eigenvalue weighted by Gasteiger charge is 2.58. The lowest BCUT2D eigenvalue weighted by molar-refractivity contribution is -0.135. The first-order valence-electron chi connectivity index (χ1n) is 11.9. The summed E-state index contributed by atoms with van der Waals surface area (Å²) in [7, 11) is 0. The molecule has 2 N–H and O–H groups in total. The Bertz CT molecular complexity index is 627. The number of β-amino-alcohol motifs (C(OH)–C–C–N with tert-alkyl or cyclic N) is 1. The van der Waals surface area contributed by atoms with Crippen molar-refractivity contribution in [3.8, 4) is 0 Å². The summed E-state index contributed by atoms with van der Waals surface area (Å²) in [5.74, 6) is 4.61. The number of aliphatic hydroxyl groups is 2. The zero-order chi connectivity index (χ0) is 19.7. The Labute approximate surface area is 170 Å². The lowest BCUT2D eigenvalue weighted by atomic mass is 9.49. The van der Waals surface area contributed by atoms with Gasteiger partial charge in [-0.25, -0.2) is 0 Å². The monoisotopic (exact) mass is 389 g/mol. The van der Waals surface area contributed by atoms with Gasteiger partial charge >= 0.3 is 0 Å². The molecule has 0 radical (unpaired) electrons. The van der Waals surface area contributed by atoms with E-state index in [4.69, 9.17) is 0 Å². The Balaban J connectivity index is 1.28. The third-order valence-electron chi connectivity index (χ3n) is 9.94. The number of nitrogens with zero attached hydrogens (tertiary/aromatic N) is 1. The fourth-order valence-electron chi connectivity index (χ4n) is 8.61. The molecular formula is C24H39NO3. The number of likely N-dealkylation sites (tertiary alicyclic amines) is 1. The van der Waals surface area contributed by atoms with Gasteiger partial charge in [0.15, 0.2) is 0 Å². The first-order valence-corrected chi connectivity index (χ1v) is 11.9. The first kappa shape index (κ1) is 19.5. The van der Waals surface area contributed by atoms with E-state index >= 15 is 0 Å². The van der Waals surface area contributed by atoms with E-state index in [1.54, 1.807) is 0 Å². The summed E-state index contributed by atoms with van der Waals surface area (Å²) in [6.07, 6.45) is 10.4. The summed E-state index contributed by atoms with van der Waals surface area (Å²) >= 11 is 0. The molecule has 5 aliphatic rings. The number of Topliss-reactive ketones (excluding diaryl/α,β-unsaturated/α-hetero) is 1. The summed E-state index contributed by atoms with van der Waals surface area (Å²) in [5.41, 5.74) is -0.235. The molecular weight excluding hydrogens is 350 g/mol. The van der Waals surface area contributed by atoms with Gasteiger partial charge in [0.05, 0.1) is 18.2 Å². The Morgan fingerprint density at radius 1 is 0.964 bits per heavy atom. The SMILES string of the molecule is C[C@@]1(O)CC[C@H]2[C@H](CC[C@@H]3[C@@H]2CC[C@]2(C)[C@@H](C(=O)CN4CC(O)C4)CC[C@@H]32)C1. The van der Waals surface area contributed by atoms with E-state index in [0.29, 0.717) is 25.4 Å². The zero-order valence-corrected chi connectivity index (χ0v) is 17.8. The number of carbonyl (C=O) groups is 1. The fraction of sp³-hybridized carbons (Fsp3) is 0.958. The number of hydrogen-bond donors (Lipinski definition) is 2. The summed E-state index contributed by atoms with van der Waals surface area (Å²) in [5, 5.41) is 20.1. The number of fused-ring (bicyclic) bond motifs is 5. The maximum atomic E-state index is 13.1. The highest BCUT2D eigenvalue weighted by atomic mass is 16.3. The van der Waals surface area contributed by atoms with E-state index in [2.05, 4.69) is 11.8 Å². The van der Waals surface area contributed by atoms with Crippen LogP contribution in [0.3, 0.4) is 0 Å². The highest BCUT2D eigenvalue weighted by Crippen LogP contribution is 2.64. The molecule has 0 amide bonds. The molecule has 0 aromatic heterocycles. The number of rotatable bonds is 3. The standard InChI is InChI=1S/C24H39NO3/c1-23(28)9-7-17-15(11-23)3-4-19-18(17)8-10-24(2)20(19)5-6-21(24)22(27)14-25-12-16(26)13-25/h15-21,26,28H,3-14H2,1-2H3/t15-,17+,18-,19-,20+,21-,23-,24+/m1/s1. The summed E-state index contributed by atoms with van der Waals surface area (Å²) in [6.45, 7) is 6.38. The van der Waals surface area contributed by atoms with Gasteiger partial charge in [-0.15, -0.1) is 0 Å². The van der Waals surface area contributed by atoms with Crippen LogP contribution in [0.4, 0.5) is 0 Å². The van der Waals surface area contributed by atoms with Crippen LogP contribution in [0, 0.1) is 40.9 Å². The molecule has 4 aliphatic carbocycles. The second kappa shape index (κ2) is 6.78. The Hall–Kier alpha value is -0.450. The second-order valence-corrected chi connectivity index (χ2v) is 11.7. The molecule has 28 heavy (non-hydrogen) atoms. The van der Waals surface area contributed by atoms with Gasteiger partial charge in [-0.3, -0.25) is 9.69 Å². The van der Waals surface area contributed by atoms with E-state index in [-0.39, 0.29) is 17.4 Å².